The maximum absolute atomic E-state index is 13.3. The van der Waals surface area contributed by atoms with Crippen molar-refractivity contribution in [2.75, 3.05) is 19.6 Å². The lowest BCUT2D eigenvalue weighted by Crippen LogP contribution is -2.63. The van der Waals surface area contributed by atoms with Gasteiger partial charge in [-0.25, -0.2) is 4.72 Å². The number of benzene rings is 1. The summed E-state index contributed by atoms with van der Waals surface area (Å²) in [7, 11) is -3.84. The molecule has 0 unspecified atom stereocenters. The molecule has 1 fully saturated rings. The number of nitrogens with zero attached hydrogens (tertiary/aromatic N) is 2. The second kappa shape index (κ2) is 12.1. The number of carbonyl (C=O) groups is 2. The lowest BCUT2D eigenvalue weighted by Gasteiger charge is -2.50. The normalized spacial score (nSPS) is 16.5. The summed E-state index contributed by atoms with van der Waals surface area (Å²) >= 11 is 12.3. The summed E-state index contributed by atoms with van der Waals surface area (Å²) in [5.74, 6) is -0.841. The number of hydrogen-bond acceptors (Lipinski definition) is 6. The Morgan fingerprint density at radius 1 is 1.08 bits per heavy atom. The average Bonchev–Trinajstić information content (AvgIpc) is 2.83. The number of halogens is 2. The quantitative estimate of drug-likeness (QED) is 0.410. The van der Waals surface area contributed by atoms with Crippen molar-refractivity contribution >= 4 is 45.3 Å². The van der Waals surface area contributed by atoms with Gasteiger partial charge in [-0.3, -0.25) is 14.6 Å². The molecule has 0 radical (unpaired) electrons. The first-order chi connectivity index (χ1) is 18.1. The van der Waals surface area contributed by atoms with Gasteiger partial charge in [0.2, 0.25) is 0 Å². The number of amides is 1. The Bertz CT molecular complexity index is 1290. The smallest absolute Gasteiger partial charge is 0.307 e. The molecule has 1 saturated heterocycles. The molecule has 1 aliphatic heterocycles. The van der Waals surface area contributed by atoms with E-state index in [1.165, 1.54) is 10.4 Å². The van der Waals surface area contributed by atoms with E-state index in [-0.39, 0.29) is 37.0 Å². The van der Waals surface area contributed by atoms with Crippen molar-refractivity contribution in [1.29, 1.82) is 0 Å². The molecule has 1 aromatic carbocycles. The summed E-state index contributed by atoms with van der Waals surface area (Å²) in [5, 5.41) is 3.78. The Labute approximate surface area is 240 Å². The maximum Gasteiger partial charge on any atom is 0.307 e. The molecule has 1 aliphatic rings. The third kappa shape index (κ3) is 7.70. The fraction of sp³-hybridized carbons (Fsp3) is 0.519. The van der Waals surface area contributed by atoms with Gasteiger partial charge in [-0.15, -0.1) is 0 Å². The third-order valence-electron chi connectivity index (χ3n) is 6.90. The molecule has 2 N–H and O–H groups in total. The number of aromatic nitrogens is 1. The first kappa shape index (κ1) is 31.3. The zero-order valence-corrected chi connectivity index (χ0v) is 25.2. The minimum atomic E-state index is -3.84. The molecule has 2 aromatic rings. The first-order valence-corrected chi connectivity index (χ1v) is 14.9. The molecule has 1 aromatic heterocycles. The molecule has 0 saturated carbocycles. The molecular weight excluding hydrogens is 563 g/mol. The maximum atomic E-state index is 13.3. The zero-order chi connectivity index (χ0) is 29.1. The fourth-order valence-electron chi connectivity index (χ4n) is 4.87. The highest BCUT2D eigenvalue weighted by Gasteiger charge is 2.51. The molecule has 1 amide bonds. The molecule has 0 atom stereocenters. The van der Waals surface area contributed by atoms with Crippen LogP contribution in [0.15, 0.2) is 42.6 Å². The molecule has 0 aliphatic carbocycles. The van der Waals surface area contributed by atoms with Crippen LogP contribution in [0.25, 0.3) is 0 Å². The van der Waals surface area contributed by atoms with E-state index in [9.17, 15) is 18.0 Å². The number of hydrogen-bond donors (Lipinski definition) is 2. The number of esters is 1. The van der Waals surface area contributed by atoms with Gasteiger partial charge >= 0.3 is 5.97 Å². The number of pyridine rings is 1. The molecule has 3 rings (SSSR count). The van der Waals surface area contributed by atoms with Crippen LogP contribution >= 0.6 is 23.2 Å². The van der Waals surface area contributed by atoms with Crippen LogP contribution in [0.4, 0.5) is 0 Å². The molecule has 2 heterocycles. The van der Waals surface area contributed by atoms with E-state index in [1.807, 2.05) is 32.0 Å². The molecule has 214 valence electrons. The topological polar surface area (TPSA) is 118 Å². The fourth-order valence-corrected chi connectivity index (χ4v) is 6.57. The van der Waals surface area contributed by atoms with E-state index in [0.29, 0.717) is 23.4 Å². The number of rotatable bonds is 9. The molecular formula is C27H36Cl2N4O5S. The van der Waals surface area contributed by atoms with Gasteiger partial charge in [-0.2, -0.15) is 12.7 Å². The summed E-state index contributed by atoms with van der Waals surface area (Å²) in [5.41, 5.74) is -1.10. The Balaban J connectivity index is 1.76. The van der Waals surface area contributed by atoms with E-state index in [1.54, 1.807) is 39.1 Å². The van der Waals surface area contributed by atoms with Crippen LogP contribution < -0.4 is 10.0 Å². The SMILES string of the molecule is CC(C)(C)OC(=O)CCNS(=O)(=O)N1CCC(c2ccccn2)(C(C)(C)NC(=O)c2ccc(Cl)cc2Cl)CC1. The van der Waals surface area contributed by atoms with Gasteiger partial charge in [-0.05, 0) is 77.8 Å². The van der Waals surface area contributed by atoms with Crippen molar-refractivity contribution in [2.45, 2.75) is 70.4 Å². The van der Waals surface area contributed by atoms with Crippen LogP contribution in [0, 0.1) is 0 Å². The Morgan fingerprint density at radius 2 is 1.74 bits per heavy atom. The van der Waals surface area contributed by atoms with Gasteiger partial charge in [0.15, 0.2) is 0 Å². The summed E-state index contributed by atoms with van der Waals surface area (Å²) in [6, 6.07) is 10.3. The monoisotopic (exact) mass is 598 g/mol. The molecule has 12 heteroatoms. The lowest BCUT2D eigenvalue weighted by molar-refractivity contribution is -0.154. The van der Waals surface area contributed by atoms with Gasteiger partial charge < -0.3 is 10.1 Å². The van der Waals surface area contributed by atoms with Gasteiger partial charge in [0.05, 0.1) is 17.0 Å². The molecule has 0 bridgehead atoms. The Hall–Kier alpha value is -2.24. The predicted molar refractivity (Wildman–Crippen MR) is 152 cm³/mol. The predicted octanol–water partition coefficient (Wildman–Crippen LogP) is 4.50. The van der Waals surface area contributed by atoms with Crippen molar-refractivity contribution in [3.63, 3.8) is 0 Å². The number of carbonyl (C=O) groups excluding carboxylic acids is 2. The molecule has 9 nitrogen and oxygen atoms in total. The zero-order valence-electron chi connectivity index (χ0n) is 22.9. The van der Waals surface area contributed by atoms with Crippen LogP contribution in [0.5, 0.6) is 0 Å². The van der Waals surface area contributed by atoms with Crippen LogP contribution in [0.1, 0.15) is 69.9 Å². The molecule has 0 spiro atoms. The number of ether oxygens (including phenoxy) is 1. The minimum Gasteiger partial charge on any atom is -0.460 e. The third-order valence-corrected chi connectivity index (χ3v) is 9.06. The van der Waals surface area contributed by atoms with Crippen molar-refractivity contribution in [3.05, 3.63) is 63.9 Å². The van der Waals surface area contributed by atoms with E-state index in [0.717, 1.165) is 5.69 Å². The van der Waals surface area contributed by atoms with Gasteiger partial charge in [-0.1, -0.05) is 29.3 Å². The highest BCUT2D eigenvalue weighted by Crippen LogP contribution is 2.44. The summed E-state index contributed by atoms with van der Waals surface area (Å²) in [6.07, 6.45) is 2.41. The second-order valence-electron chi connectivity index (χ2n) is 11.1. The van der Waals surface area contributed by atoms with E-state index in [2.05, 4.69) is 15.0 Å². The summed E-state index contributed by atoms with van der Waals surface area (Å²) < 4.78 is 35.2. The first-order valence-electron chi connectivity index (χ1n) is 12.7. The minimum absolute atomic E-state index is 0.0669. The van der Waals surface area contributed by atoms with Gasteiger partial charge in [0.25, 0.3) is 16.1 Å². The summed E-state index contributed by atoms with van der Waals surface area (Å²) in [6.45, 7) is 9.40. The van der Waals surface area contributed by atoms with Crippen LogP contribution in [-0.4, -0.2) is 60.4 Å². The second-order valence-corrected chi connectivity index (χ2v) is 13.7. The van der Waals surface area contributed by atoms with Crippen LogP contribution in [-0.2, 0) is 25.2 Å². The van der Waals surface area contributed by atoms with Gasteiger partial charge in [0.1, 0.15) is 5.60 Å². The van der Waals surface area contributed by atoms with Crippen molar-refractivity contribution in [2.24, 2.45) is 0 Å². The van der Waals surface area contributed by atoms with E-state index >= 15 is 0 Å². The largest absolute Gasteiger partial charge is 0.460 e. The van der Waals surface area contributed by atoms with E-state index < -0.39 is 32.7 Å². The van der Waals surface area contributed by atoms with Gasteiger partial charge in [0, 0.05) is 47.5 Å². The Kier molecular flexibility index (Phi) is 9.71. The lowest BCUT2D eigenvalue weighted by atomic mass is 9.63. The highest BCUT2D eigenvalue weighted by atomic mass is 35.5. The van der Waals surface area contributed by atoms with Crippen LogP contribution in [0.3, 0.4) is 0 Å². The number of nitrogens with one attached hydrogen (secondary N) is 2. The molecule has 39 heavy (non-hydrogen) atoms. The van der Waals surface area contributed by atoms with Crippen molar-refractivity contribution in [3.8, 4) is 0 Å². The van der Waals surface area contributed by atoms with Crippen molar-refractivity contribution < 1.29 is 22.7 Å². The van der Waals surface area contributed by atoms with Crippen molar-refractivity contribution in [1.82, 2.24) is 19.3 Å². The number of piperidine rings is 1. The Morgan fingerprint density at radius 3 is 2.31 bits per heavy atom. The van der Waals surface area contributed by atoms with E-state index in [4.69, 9.17) is 27.9 Å². The average molecular weight is 600 g/mol. The highest BCUT2D eigenvalue weighted by molar-refractivity contribution is 7.87. The van der Waals surface area contributed by atoms with Crippen LogP contribution in [0.2, 0.25) is 10.0 Å². The standard InChI is InChI=1S/C27H36Cl2N4O5S/c1-25(2,3)38-23(34)11-15-31-39(36,37)33-16-12-27(13-17-33,22-8-6-7-14-30-22)26(4,5)32-24(35)20-10-9-19(28)18-21(20)29/h6-10,14,18,31H,11-13,15-17H2,1-5H3,(H,32,35). The summed E-state index contributed by atoms with van der Waals surface area (Å²) in [4.78, 5) is 29.9.